The lowest BCUT2D eigenvalue weighted by Gasteiger charge is -2.26. The summed E-state index contributed by atoms with van der Waals surface area (Å²) in [5, 5.41) is 3.41. The molecule has 3 aromatic rings. The Morgan fingerprint density at radius 2 is 1.67 bits per heavy atom. The van der Waals surface area contributed by atoms with Crippen molar-refractivity contribution in [1.82, 2.24) is 0 Å². The highest BCUT2D eigenvalue weighted by molar-refractivity contribution is 7.92. The van der Waals surface area contributed by atoms with Crippen LogP contribution < -0.4 is 9.62 Å². The molecule has 0 atom stereocenters. The number of carbonyl (C=O) groups is 1. The van der Waals surface area contributed by atoms with Crippen molar-refractivity contribution < 1.29 is 13.2 Å². The number of sulfonamides is 1. The molecule has 0 fully saturated rings. The second kappa shape index (κ2) is 9.27. The van der Waals surface area contributed by atoms with Crippen molar-refractivity contribution in [3.8, 4) is 0 Å². The Bertz CT molecular complexity index is 1190. The monoisotopic (exact) mass is 482 g/mol. The van der Waals surface area contributed by atoms with Crippen molar-refractivity contribution in [2.24, 2.45) is 0 Å². The Morgan fingerprint density at radius 3 is 2.37 bits per heavy atom. The summed E-state index contributed by atoms with van der Waals surface area (Å²) >= 11 is 18.2. The molecule has 0 unspecified atom stereocenters. The quantitative estimate of drug-likeness (QED) is 0.482. The highest BCUT2D eigenvalue weighted by Gasteiger charge is 2.28. The molecule has 9 heteroatoms. The van der Waals surface area contributed by atoms with E-state index in [1.54, 1.807) is 55.5 Å². The number of anilines is 2. The lowest BCUT2D eigenvalue weighted by Crippen LogP contribution is -2.38. The summed E-state index contributed by atoms with van der Waals surface area (Å²) in [6.07, 6.45) is 0. The van der Waals surface area contributed by atoms with Crippen LogP contribution >= 0.6 is 34.8 Å². The van der Waals surface area contributed by atoms with Gasteiger partial charge in [-0.15, -0.1) is 0 Å². The molecule has 156 valence electrons. The van der Waals surface area contributed by atoms with Crippen LogP contribution in [0.5, 0.6) is 0 Å². The van der Waals surface area contributed by atoms with E-state index in [1.807, 2.05) is 0 Å². The molecule has 5 nitrogen and oxygen atoms in total. The van der Waals surface area contributed by atoms with Crippen molar-refractivity contribution in [2.75, 3.05) is 16.2 Å². The van der Waals surface area contributed by atoms with Crippen LogP contribution in [-0.4, -0.2) is 20.9 Å². The molecule has 0 saturated heterocycles. The summed E-state index contributed by atoms with van der Waals surface area (Å²) in [7, 11) is -4.04. The van der Waals surface area contributed by atoms with Crippen LogP contribution in [0.3, 0.4) is 0 Å². The lowest BCUT2D eigenvalue weighted by atomic mass is 10.2. The second-order valence-corrected chi connectivity index (χ2v) is 9.49. The van der Waals surface area contributed by atoms with Crippen molar-refractivity contribution in [3.05, 3.63) is 87.4 Å². The maximum absolute atomic E-state index is 13.4. The minimum Gasteiger partial charge on any atom is -0.323 e. The number of rotatable bonds is 6. The van der Waals surface area contributed by atoms with Gasteiger partial charge in [0.15, 0.2) is 0 Å². The first-order valence-corrected chi connectivity index (χ1v) is 11.4. The van der Waals surface area contributed by atoms with E-state index in [4.69, 9.17) is 34.8 Å². The van der Waals surface area contributed by atoms with Crippen molar-refractivity contribution in [3.63, 3.8) is 0 Å². The number of nitrogens with one attached hydrogen (secondary N) is 1. The maximum Gasteiger partial charge on any atom is 0.264 e. The number of hydrogen-bond acceptors (Lipinski definition) is 3. The standard InChI is InChI=1S/C21H17Cl3N2O3S/c1-14-10-11-15(22)12-19(14)26(30(28,29)16-6-3-2-4-7-16)13-20(27)25-18-9-5-8-17(23)21(18)24/h2-12H,13H2,1H3,(H,25,27). The molecule has 0 aliphatic rings. The zero-order chi connectivity index (χ0) is 21.9. The van der Waals surface area contributed by atoms with Gasteiger partial charge in [-0.1, -0.05) is 65.1 Å². The topological polar surface area (TPSA) is 66.5 Å². The number of aryl methyl sites for hydroxylation is 1. The van der Waals surface area contributed by atoms with Gasteiger partial charge in [-0.05, 0) is 48.9 Å². The average molecular weight is 484 g/mol. The van der Waals surface area contributed by atoms with Gasteiger partial charge in [-0.25, -0.2) is 8.42 Å². The second-order valence-electron chi connectivity index (χ2n) is 6.41. The van der Waals surface area contributed by atoms with E-state index in [2.05, 4.69) is 5.32 Å². The zero-order valence-electron chi connectivity index (χ0n) is 15.8. The van der Waals surface area contributed by atoms with Gasteiger partial charge in [0.25, 0.3) is 10.0 Å². The average Bonchev–Trinajstić information content (AvgIpc) is 2.72. The fourth-order valence-corrected chi connectivity index (χ4v) is 4.80. The summed E-state index contributed by atoms with van der Waals surface area (Å²) in [4.78, 5) is 12.8. The van der Waals surface area contributed by atoms with Gasteiger partial charge < -0.3 is 5.32 Å². The molecule has 30 heavy (non-hydrogen) atoms. The molecule has 0 radical (unpaired) electrons. The molecule has 3 rings (SSSR count). The molecule has 0 saturated carbocycles. The van der Waals surface area contributed by atoms with Crippen LogP contribution in [-0.2, 0) is 14.8 Å². The Morgan fingerprint density at radius 1 is 0.967 bits per heavy atom. The number of benzene rings is 3. The molecule has 0 aromatic heterocycles. The van der Waals surface area contributed by atoms with Gasteiger partial charge in [-0.2, -0.15) is 0 Å². The summed E-state index contributed by atoms with van der Waals surface area (Å²) in [6, 6.07) is 17.5. The van der Waals surface area contributed by atoms with Crippen molar-refractivity contribution in [2.45, 2.75) is 11.8 Å². The molecule has 1 N–H and O–H groups in total. The Kier molecular flexibility index (Phi) is 6.93. The minimum absolute atomic E-state index is 0.0537. The molecule has 0 bridgehead atoms. The van der Waals surface area contributed by atoms with Crippen LogP contribution in [0.25, 0.3) is 0 Å². The maximum atomic E-state index is 13.4. The predicted octanol–water partition coefficient (Wildman–Crippen LogP) is 5.79. The predicted molar refractivity (Wildman–Crippen MR) is 122 cm³/mol. The van der Waals surface area contributed by atoms with Crippen LogP contribution in [0.4, 0.5) is 11.4 Å². The van der Waals surface area contributed by atoms with Crippen LogP contribution in [0.1, 0.15) is 5.56 Å². The van der Waals surface area contributed by atoms with E-state index in [9.17, 15) is 13.2 Å². The van der Waals surface area contributed by atoms with E-state index in [1.165, 1.54) is 18.2 Å². The SMILES string of the molecule is Cc1ccc(Cl)cc1N(CC(=O)Nc1cccc(Cl)c1Cl)S(=O)(=O)c1ccccc1. The van der Waals surface area contributed by atoms with Gasteiger partial charge in [0.2, 0.25) is 5.91 Å². The fraction of sp³-hybridized carbons (Fsp3) is 0.0952. The number of amides is 1. The smallest absolute Gasteiger partial charge is 0.264 e. The first-order chi connectivity index (χ1) is 14.2. The largest absolute Gasteiger partial charge is 0.323 e. The highest BCUT2D eigenvalue weighted by atomic mass is 35.5. The third kappa shape index (κ3) is 4.90. The first-order valence-electron chi connectivity index (χ1n) is 8.78. The van der Waals surface area contributed by atoms with Gasteiger partial charge >= 0.3 is 0 Å². The van der Waals surface area contributed by atoms with Crippen LogP contribution in [0, 0.1) is 6.92 Å². The van der Waals surface area contributed by atoms with Gasteiger partial charge in [0.1, 0.15) is 6.54 Å². The van der Waals surface area contributed by atoms with E-state index < -0.39 is 22.5 Å². The number of hydrogen-bond donors (Lipinski definition) is 1. The number of halogens is 3. The Balaban J connectivity index is 2.01. The normalized spacial score (nSPS) is 11.2. The Hall–Kier alpha value is -2.25. The zero-order valence-corrected chi connectivity index (χ0v) is 18.9. The first kappa shape index (κ1) is 22.4. The van der Waals surface area contributed by atoms with Gasteiger partial charge in [0.05, 0.1) is 26.3 Å². The summed E-state index contributed by atoms with van der Waals surface area (Å²) in [5.41, 5.74) is 1.24. The van der Waals surface area contributed by atoms with E-state index in [0.29, 0.717) is 16.3 Å². The fourth-order valence-electron chi connectivity index (χ4n) is 2.79. The molecular formula is C21H17Cl3N2O3S. The molecule has 0 aliphatic carbocycles. The summed E-state index contributed by atoms with van der Waals surface area (Å²) < 4.78 is 27.7. The van der Waals surface area contributed by atoms with Crippen LogP contribution in [0.15, 0.2) is 71.6 Å². The van der Waals surface area contributed by atoms with Crippen molar-refractivity contribution >= 4 is 62.1 Å². The molecule has 3 aromatic carbocycles. The summed E-state index contributed by atoms with van der Waals surface area (Å²) in [6.45, 7) is 1.26. The molecule has 0 heterocycles. The van der Waals surface area contributed by atoms with E-state index >= 15 is 0 Å². The third-order valence-corrected chi connectivity index (χ3v) is 7.11. The Labute approximate surface area is 190 Å². The van der Waals surface area contributed by atoms with Crippen molar-refractivity contribution in [1.29, 1.82) is 0 Å². The highest BCUT2D eigenvalue weighted by Crippen LogP contribution is 2.31. The number of nitrogens with zero attached hydrogens (tertiary/aromatic N) is 1. The third-order valence-electron chi connectivity index (χ3n) is 4.28. The molecule has 0 spiro atoms. The number of carbonyl (C=O) groups excluding carboxylic acids is 1. The minimum atomic E-state index is -4.04. The molecule has 1 amide bonds. The lowest BCUT2D eigenvalue weighted by molar-refractivity contribution is -0.114. The van der Waals surface area contributed by atoms with Gasteiger partial charge in [-0.3, -0.25) is 9.10 Å². The molecule has 0 aliphatic heterocycles. The summed E-state index contributed by atoms with van der Waals surface area (Å²) in [5.74, 6) is -0.585. The molecular weight excluding hydrogens is 467 g/mol. The van der Waals surface area contributed by atoms with Crippen LogP contribution in [0.2, 0.25) is 15.1 Å². The van der Waals surface area contributed by atoms with E-state index in [0.717, 1.165) is 4.31 Å². The van der Waals surface area contributed by atoms with Gasteiger partial charge in [0, 0.05) is 5.02 Å². The van der Waals surface area contributed by atoms with E-state index in [-0.39, 0.29) is 20.6 Å².